The smallest absolute Gasteiger partial charge is 0.198 e. The number of aromatic amines is 2. The van der Waals surface area contributed by atoms with Crippen LogP contribution in [0.1, 0.15) is 0 Å². The topological polar surface area (TPSA) is 205 Å². The summed E-state index contributed by atoms with van der Waals surface area (Å²) in [6.45, 7) is 0. The van der Waals surface area contributed by atoms with Crippen LogP contribution in [0.4, 0.5) is 80.6 Å². The first-order valence-electron chi connectivity index (χ1n) is 19.2. The van der Waals surface area contributed by atoms with Crippen LogP contribution in [0.25, 0.3) is 89.7 Å². The normalized spacial score (nSPS) is 11.8. The van der Waals surface area contributed by atoms with E-state index in [4.69, 9.17) is 9.97 Å². The maximum Gasteiger partial charge on any atom is 0.198 e. The van der Waals surface area contributed by atoms with Crippen LogP contribution in [-0.2, 0) is 0 Å². The summed E-state index contributed by atoms with van der Waals surface area (Å²) in [5, 5.41) is 23.8. The number of aromatic nitrogens is 8. The lowest BCUT2D eigenvalue weighted by atomic mass is 9.99. The van der Waals surface area contributed by atoms with Crippen molar-refractivity contribution in [3.8, 4) is 45.6 Å². The van der Waals surface area contributed by atoms with Crippen LogP contribution < -0.4 is 42.5 Å². The van der Waals surface area contributed by atoms with Gasteiger partial charge >= 0.3 is 0 Å². The standard InChI is InChI=1S/C40H34F8N16/c1-49-25-13-15(27(51-3)31(55-7)29(25)53-5)39-62-37(13)60-35-11-9(17(41)21(45)23(47)19(11)43)33(58-35)57-34-10-12(20(44)24(48)22(46)18(10)42)36(59-34)61-38-14-16(40(63-38)64-39)28(52-4)32(56-8)30(54-6)26(14)50-2/h49-56H,1-8H3,(H2,57,58,59,60,61,62,63,64). The maximum absolute atomic E-state index is 16.1. The molecule has 7 aromatic rings. The number of rotatable bonds is 8. The van der Waals surface area contributed by atoms with Gasteiger partial charge in [0, 0.05) is 56.4 Å². The van der Waals surface area contributed by atoms with Crippen molar-refractivity contribution in [1.82, 2.24) is 39.9 Å². The molecule has 64 heavy (non-hydrogen) atoms. The first-order chi connectivity index (χ1) is 30.7. The summed E-state index contributed by atoms with van der Waals surface area (Å²) in [4.78, 5) is 33.0. The Kier molecular flexibility index (Phi) is 9.63. The van der Waals surface area contributed by atoms with Crippen LogP contribution in [0, 0.1) is 46.5 Å². The Morgan fingerprint density at radius 1 is 0.266 bits per heavy atom. The Hall–Kier alpha value is -7.92. The van der Waals surface area contributed by atoms with Crippen LogP contribution in [0.5, 0.6) is 0 Å². The first-order valence-corrected chi connectivity index (χ1v) is 19.2. The SMILES string of the molecule is CNc1c(NC)c(NC)c2c(c1NC)-c1nc-2nc2[nH]c(nc3nc(nc4[nH]c(n1)c1c(F)c(F)c(F)c(F)c41)-c1c(F)c(F)c(F)c(F)c1-3)c1c(NC)c(NC)c(NC)c(NC)c21. The summed E-state index contributed by atoms with van der Waals surface area (Å²) in [7, 11) is 13.2. The molecule has 16 nitrogen and oxygen atoms in total. The van der Waals surface area contributed by atoms with Crippen LogP contribution in [0.15, 0.2) is 0 Å². The van der Waals surface area contributed by atoms with Crippen molar-refractivity contribution in [2.45, 2.75) is 0 Å². The van der Waals surface area contributed by atoms with Crippen LogP contribution in [0.3, 0.4) is 0 Å². The summed E-state index contributed by atoms with van der Waals surface area (Å²) < 4.78 is 124. The molecule has 9 rings (SSSR count). The highest BCUT2D eigenvalue weighted by Gasteiger charge is 2.36. The van der Waals surface area contributed by atoms with Crippen molar-refractivity contribution < 1.29 is 35.1 Å². The van der Waals surface area contributed by atoms with Gasteiger partial charge in [-0.2, -0.15) is 0 Å². The number of hydrogen-bond acceptors (Lipinski definition) is 14. The number of hydrogen-bond donors (Lipinski definition) is 10. The predicted octanol–water partition coefficient (Wildman–Crippen LogP) is 8.32. The van der Waals surface area contributed by atoms with Gasteiger partial charge in [0.2, 0.25) is 0 Å². The molecule has 0 radical (unpaired) electrons. The van der Waals surface area contributed by atoms with Gasteiger partial charge in [-0.3, -0.25) is 0 Å². The number of nitrogens with one attached hydrogen (secondary N) is 10. The van der Waals surface area contributed by atoms with E-state index in [1.54, 1.807) is 56.4 Å². The third-order valence-electron chi connectivity index (χ3n) is 11.1. The van der Waals surface area contributed by atoms with Crippen molar-refractivity contribution in [2.75, 3.05) is 98.9 Å². The highest BCUT2D eigenvalue weighted by Crippen LogP contribution is 2.54. The van der Waals surface area contributed by atoms with Crippen molar-refractivity contribution in [3.05, 3.63) is 46.5 Å². The zero-order valence-electron chi connectivity index (χ0n) is 34.7. The number of anilines is 8. The third kappa shape index (κ3) is 5.39. The lowest BCUT2D eigenvalue weighted by Crippen LogP contribution is -2.08. The minimum Gasteiger partial charge on any atom is -0.386 e. The second-order valence-corrected chi connectivity index (χ2v) is 14.1. The van der Waals surface area contributed by atoms with Crippen molar-refractivity contribution >= 4 is 89.6 Å². The number of halogens is 8. The molecule has 3 aromatic heterocycles. The molecule has 0 amide bonds. The van der Waals surface area contributed by atoms with E-state index in [1.807, 2.05) is 0 Å². The van der Waals surface area contributed by atoms with Gasteiger partial charge in [0.15, 0.2) is 69.8 Å². The maximum atomic E-state index is 16.1. The van der Waals surface area contributed by atoms with E-state index in [2.05, 4.69) is 72.4 Å². The highest BCUT2D eigenvalue weighted by atomic mass is 19.2. The molecular formula is C40H34F8N16. The Labute approximate surface area is 355 Å². The molecule has 4 aromatic carbocycles. The molecule has 0 fully saturated rings. The minimum atomic E-state index is -2.25. The van der Waals surface area contributed by atoms with E-state index in [9.17, 15) is 0 Å². The van der Waals surface area contributed by atoms with Crippen LogP contribution in [0.2, 0.25) is 0 Å². The number of fused-ring (bicyclic) bond motifs is 20. The van der Waals surface area contributed by atoms with Gasteiger partial charge in [-0.15, -0.1) is 0 Å². The first kappa shape index (κ1) is 41.4. The summed E-state index contributed by atoms with van der Waals surface area (Å²) in [6, 6.07) is 0. The fraction of sp³-hybridized carbons (Fsp3) is 0.200. The van der Waals surface area contributed by atoms with E-state index >= 15 is 35.1 Å². The molecule has 2 aliphatic heterocycles. The lowest BCUT2D eigenvalue weighted by molar-refractivity contribution is 0.412. The molecule has 5 heterocycles. The number of nitrogens with zero attached hydrogens (tertiary/aromatic N) is 6. The fourth-order valence-electron chi connectivity index (χ4n) is 8.53. The zero-order valence-corrected chi connectivity index (χ0v) is 34.7. The Balaban J connectivity index is 1.64. The molecule has 10 N–H and O–H groups in total. The number of benzene rings is 4. The van der Waals surface area contributed by atoms with Gasteiger partial charge in [0.1, 0.15) is 22.6 Å². The largest absolute Gasteiger partial charge is 0.386 e. The molecule has 0 saturated carbocycles. The molecule has 330 valence electrons. The summed E-state index contributed by atoms with van der Waals surface area (Å²) in [5.74, 6) is -18.6. The molecule has 0 spiro atoms. The molecule has 0 aliphatic carbocycles. The average molecular weight is 891 g/mol. The van der Waals surface area contributed by atoms with Gasteiger partial charge in [-0.25, -0.2) is 65.0 Å². The van der Waals surface area contributed by atoms with Gasteiger partial charge in [-0.05, 0) is 0 Å². The Morgan fingerprint density at radius 3 is 0.812 bits per heavy atom. The quantitative estimate of drug-likeness (QED) is 0.0396. The van der Waals surface area contributed by atoms with Crippen LogP contribution in [-0.4, -0.2) is 96.3 Å². The molecule has 0 atom stereocenters. The number of H-pyrrole nitrogens is 2. The monoisotopic (exact) mass is 890 g/mol. The lowest BCUT2D eigenvalue weighted by Gasteiger charge is -2.22. The summed E-state index contributed by atoms with van der Waals surface area (Å²) in [5.41, 5.74) is 0.532. The predicted molar refractivity (Wildman–Crippen MR) is 232 cm³/mol. The van der Waals surface area contributed by atoms with Crippen LogP contribution >= 0.6 is 0 Å². The second kappa shape index (κ2) is 14.9. The molecule has 8 bridgehead atoms. The third-order valence-corrected chi connectivity index (χ3v) is 11.1. The van der Waals surface area contributed by atoms with Crippen molar-refractivity contribution in [2.24, 2.45) is 0 Å². The highest BCUT2D eigenvalue weighted by molar-refractivity contribution is 6.24. The Bertz CT molecular complexity index is 3390. The molecule has 0 unspecified atom stereocenters. The molecule has 0 saturated heterocycles. The van der Waals surface area contributed by atoms with E-state index in [0.717, 1.165) is 0 Å². The van der Waals surface area contributed by atoms with Gasteiger partial charge in [0.05, 0.1) is 89.3 Å². The van der Waals surface area contributed by atoms with E-state index in [-0.39, 0.29) is 33.9 Å². The van der Waals surface area contributed by atoms with E-state index in [1.165, 1.54) is 0 Å². The average Bonchev–Trinajstić information content (AvgIpc) is 4.05. The second-order valence-electron chi connectivity index (χ2n) is 14.1. The van der Waals surface area contributed by atoms with Crippen molar-refractivity contribution in [3.63, 3.8) is 0 Å². The van der Waals surface area contributed by atoms with Gasteiger partial charge in [0.25, 0.3) is 0 Å². The zero-order chi connectivity index (χ0) is 45.8. The van der Waals surface area contributed by atoms with Gasteiger partial charge < -0.3 is 52.5 Å². The molecule has 2 aliphatic rings. The molecular weight excluding hydrogens is 857 g/mol. The van der Waals surface area contributed by atoms with E-state index < -0.39 is 91.4 Å². The minimum absolute atomic E-state index is 0.0400. The molecule has 24 heteroatoms. The summed E-state index contributed by atoms with van der Waals surface area (Å²) >= 11 is 0. The fourth-order valence-corrected chi connectivity index (χ4v) is 8.53. The Morgan fingerprint density at radius 2 is 0.516 bits per heavy atom. The van der Waals surface area contributed by atoms with Crippen molar-refractivity contribution in [1.29, 1.82) is 0 Å². The summed E-state index contributed by atoms with van der Waals surface area (Å²) in [6.07, 6.45) is 0. The van der Waals surface area contributed by atoms with Gasteiger partial charge in [-0.1, -0.05) is 0 Å². The van der Waals surface area contributed by atoms with E-state index in [0.29, 0.717) is 56.4 Å².